The Morgan fingerprint density at radius 2 is 2.04 bits per heavy atom. The Kier molecular flexibility index (Phi) is 4.82. The second-order valence-electron chi connectivity index (χ2n) is 5.97. The number of rotatable bonds is 5. The van der Waals surface area contributed by atoms with Gasteiger partial charge in [0.2, 0.25) is 5.91 Å². The SMILES string of the molecule is O=C(NC1CC1)C1CCCN1C(=O)Nc1cccc(OC(F)F)c1. The number of nitrogens with zero attached hydrogens (tertiary/aromatic N) is 1. The monoisotopic (exact) mass is 339 g/mol. The fourth-order valence-corrected chi connectivity index (χ4v) is 2.75. The van der Waals surface area contributed by atoms with Crippen LogP contribution in [0.2, 0.25) is 0 Å². The molecule has 2 N–H and O–H groups in total. The highest BCUT2D eigenvalue weighted by Crippen LogP contribution is 2.24. The van der Waals surface area contributed by atoms with Gasteiger partial charge in [0.15, 0.2) is 0 Å². The zero-order valence-electron chi connectivity index (χ0n) is 13.0. The highest BCUT2D eigenvalue weighted by atomic mass is 19.3. The minimum absolute atomic E-state index is 0.0350. The molecule has 1 atom stereocenters. The first kappa shape index (κ1) is 16.5. The van der Waals surface area contributed by atoms with Crippen LogP contribution in [0, 0.1) is 0 Å². The maximum absolute atomic E-state index is 12.4. The van der Waals surface area contributed by atoms with Gasteiger partial charge < -0.3 is 20.3 Å². The van der Waals surface area contributed by atoms with Crippen molar-refractivity contribution in [1.82, 2.24) is 10.2 Å². The molecule has 2 aliphatic rings. The Morgan fingerprint density at radius 1 is 1.25 bits per heavy atom. The molecule has 1 unspecified atom stereocenters. The second kappa shape index (κ2) is 7.02. The fraction of sp³-hybridized carbons (Fsp3) is 0.500. The zero-order valence-corrected chi connectivity index (χ0v) is 13.0. The van der Waals surface area contributed by atoms with Crippen LogP contribution in [0.1, 0.15) is 25.7 Å². The number of amides is 3. The summed E-state index contributed by atoms with van der Waals surface area (Å²) in [5.74, 6) is -0.160. The molecule has 1 aromatic rings. The molecule has 0 radical (unpaired) electrons. The van der Waals surface area contributed by atoms with Gasteiger partial charge >= 0.3 is 12.6 Å². The lowest BCUT2D eigenvalue weighted by Crippen LogP contribution is -2.48. The van der Waals surface area contributed by atoms with Crippen molar-refractivity contribution < 1.29 is 23.1 Å². The molecule has 1 heterocycles. The molecule has 1 saturated carbocycles. The molecule has 1 saturated heterocycles. The first-order chi connectivity index (χ1) is 11.5. The number of carbonyl (C=O) groups excluding carboxylic acids is 2. The molecule has 1 aromatic carbocycles. The Hall–Kier alpha value is -2.38. The van der Waals surface area contributed by atoms with Gasteiger partial charge in [-0.25, -0.2) is 4.79 Å². The third kappa shape index (κ3) is 4.12. The van der Waals surface area contributed by atoms with E-state index in [-0.39, 0.29) is 17.7 Å². The van der Waals surface area contributed by atoms with E-state index in [4.69, 9.17) is 0 Å². The normalized spacial score (nSPS) is 20.1. The van der Waals surface area contributed by atoms with E-state index in [9.17, 15) is 18.4 Å². The van der Waals surface area contributed by atoms with Crippen LogP contribution in [0.15, 0.2) is 24.3 Å². The molecule has 24 heavy (non-hydrogen) atoms. The van der Waals surface area contributed by atoms with Gasteiger partial charge in [0.05, 0.1) is 0 Å². The van der Waals surface area contributed by atoms with E-state index >= 15 is 0 Å². The third-order valence-electron chi connectivity index (χ3n) is 4.05. The molecule has 0 spiro atoms. The lowest BCUT2D eigenvalue weighted by molar-refractivity contribution is -0.124. The van der Waals surface area contributed by atoms with E-state index in [0.29, 0.717) is 18.7 Å². The lowest BCUT2D eigenvalue weighted by atomic mass is 10.2. The molecule has 1 aliphatic heterocycles. The molecular weight excluding hydrogens is 320 g/mol. The summed E-state index contributed by atoms with van der Waals surface area (Å²) in [6.45, 7) is -2.44. The van der Waals surface area contributed by atoms with Gasteiger partial charge in [-0.2, -0.15) is 8.78 Å². The number of urea groups is 1. The van der Waals surface area contributed by atoms with Crippen molar-refractivity contribution in [2.24, 2.45) is 0 Å². The average Bonchev–Trinajstić information content (AvgIpc) is 3.19. The van der Waals surface area contributed by atoms with Crippen molar-refractivity contribution in [2.75, 3.05) is 11.9 Å². The number of ether oxygens (including phenoxy) is 1. The predicted octanol–water partition coefficient (Wildman–Crippen LogP) is 2.56. The van der Waals surface area contributed by atoms with E-state index in [1.54, 1.807) is 6.07 Å². The van der Waals surface area contributed by atoms with Gasteiger partial charge in [0.25, 0.3) is 0 Å². The summed E-state index contributed by atoms with van der Waals surface area (Å²) >= 11 is 0. The fourth-order valence-electron chi connectivity index (χ4n) is 2.75. The number of hydrogen-bond donors (Lipinski definition) is 2. The molecule has 1 aliphatic carbocycles. The number of nitrogens with one attached hydrogen (secondary N) is 2. The molecule has 3 rings (SSSR count). The predicted molar refractivity (Wildman–Crippen MR) is 83.0 cm³/mol. The summed E-state index contributed by atoms with van der Waals surface area (Å²) in [4.78, 5) is 26.1. The standard InChI is InChI=1S/C16H19F2N3O3/c17-15(18)24-12-4-1-3-11(9-12)20-16(23)21-8-2-5-13(21)14(22)19-10-6-7-10/h1,3-4,9-10,13,15H,2,5-8H2,(H,19,22)(H,20,23). The van der Waals surface area contributed by atoms with Crippen molar-refractivity contribution >= 4 is 17.6 Å². The van der Waals surface area contributed by atoms with Crippen LogP contribution >= 0.6 is 0 Å². The van der Waals surface area contributed by atoms with Crippen LogP contribution < -0.4 is 15.4 Å². The summed E-state index contributed by atoms with van der Waals surface area (Å²) in [6, 6.07) is 5.12. The van der Waals surface area contributed by atoms with Crippen LogP contribution in [-0.2, 0) is 4.79 Å². The Bertz CT molecular complexity index is 622. The van der Waals surface area contributed by atoms with Gasteiger partial charge in [-0.3, -0.25) is 4.79 Å². The highest BCUT2D eigenvalue weighted by Gasteiger charge is 2.36. The van der Waals surface area contributed by atoms with E-state index in [1.165, 1.54) is 23.1 Å². The molecule has 8 heteroatoms. The molecule has 0 bridgehead atoms. The molecule has 6 nitrogen and oxygen atoms in total. The van der Waals surface area contributed by atoms with Crippen molar-refractivity contribution in [3.63, 3.8) is 0 Å². The quantitative estimate of drug-likeness (QED) is 0.866. The van der Waals surface area contributed by atoms with Gasteiger partial charge in [-0.05, 0) is 37.8 Å². The van der Waals surface area contributed by atoms with Crippen molar-refractivity contribution in [3.05, 3.63) is 24.3 Å². The zero-order chi connectivity index (χ0) is 17.1. The Balaban J connectivity index is 1.62. The minimum Gasteiger partial charge on any atom is -0.435 e. The minimum atomic E-state index is -2.93. The smallest absolute Gasteiger partial charge is 0.387 e. The topological polar surface area (TPSA) is 70.7 Å². The van der Waals surface area contributed by atoms with Crippen LogP contribution in [0.4, 0.5) is 19.3 Å². The largest absolute Gasteiger partial charge is 0.435 e. The lowest BCUT2D eigenvalue weighted by Gasteiger charge is -2.24. The van der Waals surface area contributed by atoms with Gasteiger partial charge in [0.1, 0.15) is 11.8 Å². The average molecular weight is 339 g/mol. The summed E-state index contributed by atoms with van der Waals surface area (Å²) in [7, 11) is 0. The summed E-state index contributed by atoms with van der Waals surface area (Å²) in [5, 5.41) is 5.54. The molecule has 130 valence electrons. The van der Waals surface area contributed by atoms with Crippen LogP contribution in [0.5, 0.6) is 5.75 Å². The molecule has 0 aromatic heterocycles. The van der Waals surface area contributed by atoms with Crippen molar-refractivity contribution in [3.8, 4) is 5.75 Å². The highest BCUT2D eigenvalue weighted by molar-refractivity contribution is 5.94. The Labute approximate surface area is 138 Å². The molecule has 2 fully saturated rings. The summed E-state index contributed by atoms with van der Waals surface area (Å²) < 4.78 is 28.8. The van der Waals surface area contributed by atoms with Gasteiger partial charge in [0, 0.05) is 24.3 Å². The van der Waals surface area contributed by atoms with Crippen LogP contribution in [-0.4, -0.2) is 42.1 Å². The maximum atomic E-state index is 12.4. The van der Waals surface area contributed by atoms with Crippen LogP contribution in [0.3, 0.4) is 0 Å². The number of anilines is 1. The first-order valence-corrected chi connectivity index (χ1v) is 7.96. The van der Waals surface area contributed by atoms with E-state index in [0.717, 1.165) is 19.3 Å². The number of hydrogen-bond acceptors (Lipinski definition) is 3. The van der Waals surface area contributed by atoms with Gasteiger partial charge in [-0.15, -0.1) is 0 Å². The van der Waals surface area contributed by atoms with Crippen LogP contribution in [0.25, 0.3) is 0 Å². The first-order valence-electron chi connectivity index (χ1n) is 7.96. The van der Waals surface area contributed by atoms with Gasteiger partial charge in [-0.1, -0.05) is 6.07 Å². The summed E-state index contributed by atoms with van der Waals surface area (Å²) in [5.41, 5.74) is 0.339. The number of likely N-dealkylation sites (tertiary alicyclic amines) is 1. The third-order valence-corrected chi connectivity index (χ3v) is 4.05. The van der Waals surface area contributed by atoms with Crippen molar-refractivity contribution in [2.45, 2.75) is 44.4 Å². The number of carbonyl (C=O) groups is 2. The maximum Gasteiger partial charge on any atom is 0.387 e. The van der Waals surface area contributed by atoms with E-state index < -0.39 is 18.7 Å². The number of alkyl halides is 2. The Morgan fingerprint density at radius 3 is 2.75 bits per heavy atom. The van der Waals surface area contributed by atoms with E-state index in [1.807, 2.05) is 0 Å². The number of benzene rings is 1. The molecule has 3 amide bonds. The second-order valence-corrected chi connectivity index (χ2v) is 5.97. The number of halogens is 2. The van der Waals surface area contributed by atoms with E-state index in [2.05, 4.69) is 15.4 Å². The summed E-state index contributed by atoms with van der Waals surface area (Å²) in [6.07, 6.45) is 3.36. The van der Waals surface area contributed by atoms with Crippen molar-refractivity contribution in [1.29, 1.82) is 0 Å². The molecular formula is C16H19F2N3O3.